The largest absolute Gasteiger partial charge is 0.435 e. The maximum atomic E-state index is 14.5. The van der Waals surface area contributed by atoms with Gasteiger partial charge < -0.3 is 4.74 Å². The molecule has 0 radical (unpaired) electrons. The number of benzene rings is 2. The van der Waals surface area contributed by atoms with Gasteiger partial charge in [0.2, 0.25) is 0 Å². The van der Waals surface area contributed by atoms with Crippen molar-refractivity contribution in [3.05, 3.63) is 53.6 Å². The Balaban J connectivity index is 1.90. The van der Waals surface area contributed by atoms with E-state index in [1.54, 1.807) is 12.1 Å². The molecule has 0 saturated heterocycles. The van der Waals surface area contributed by atoms with Gasteiger partial charge in [-0.25, -0.2) is 8.78 Å². The van der Waals surface area contributed by atoms with Crippen molar-refractivity contribution in [1.82, 2.24) is 0 Å². The molecule has 0 N–H and O–H groups in total. The molecule has 5 heteroatoms. The Hall–Kier alpha value is -2.04. The first kappa shape index (κ1) is 22.3. The molecule has 154 valence electrons. The van der Waals surface area contributed by atoms with Crippen LogP contribution in [0.5, 0.6) is 5.75 Å². The van der Waals surface area contributed by atoms with Crippen LogP contribution in [0.25, 0.3) is 11.1 Å². The van der Waals surface area contributed by atoms with Crippen LogP contribution >= 0.6 is 0 Å². The lowest BCUT2D eigenvalue weighted by Crippen LogP contribution is -2.01. The summed E-state index contributed by atoms with van der Waals surface area (Å²) in [6.45, 7) is -0.730. The summed E-state index contributed by atoms with van der Waals surface area (Å²) in [4.78, 5) is 0. The highest BCUT2D eigenvalue weighted by Gasteiger charge is 2.15. The van der Waals surface area contributed by atoms with Crippen molar-refractivity contribution >= 4 is 0 Å². The molecule has 1 nitrogen and oxygen atoms in total. The van der Waals surface area contributed by atoms with Gasteiger partial charge >= 0.3 is 6.61 Å². The van der Waals surface area contributed by atoms with Gasteiger partial charge in [-0.3, -0.25) is 0 Å². The van der Waals surface area contributed by atoms with Crippen molar-refractivity contribution < 1.29 is 22.3 Å². The van der Waals surface area contributed by atoms with Crippen molar-refractivity contribution in [2.75, 3.05) is 0 Å². The molecular formula is C23H28F4O. The lowest BCUT2D eigenvalue weighted by molar-refractivity contribution is -0.0498. The van der Waals surface area contributed by atoms with E-state index in [0.29, 0.717) is 17.5 Å². The third-order valence-electron chi connectivity index (χ3n) is 4.85. The Bertz CT molecular complexity index is 713. The molecule has 0 heterocycles. The van der Waals surface area contributed by atoms with Crippen molar-refractivity contribution in [2.45, 2.75) is 71.3 Å². The lowest BCUT2D eigenvalue weighted by atomic mass is 9.99. The normalized spacial score (nSPS) is 11.2. The first-order chi connectivity index (χ1) is 13.5. The lowest BCUT2D eigenvalue weighted by Gasteiger charge is -2.10. The molecule has 0 aliphatic carbocycles. The maximum absolute atomic E-state index is 14.5. The fourth-order valence-electron chi connectivity index (χ4n) is 3.27. The van der Waals surface area contributed by atoms with Crippen molar-refractivity contribution in [3.63, 3.8) is 0 Å². The van der Waals surface area contributed by atoms with Gasteiger partial charge in [0.25, 0.3) is 0 Å². The van der Waals surface area contributed by atoms with E-state index in [2.05, 4.69) is 11.7 Å². The molecule has 0 atom stereocenters. The summed E-state index contributed by atoms with van der Waals surface area (Å²) in [5.74, 6) is -1.75. The van der Waals surface area contributed by atoms with Gasteiger partial charge in [-0.1, -0.05) is 76.1 Å². The highest BCUT2D eigenvalue weighted by molar-refractivity contribution is 5.65. The molecule has 0 bridgehead atoms. The summed E-state index contributed by atoms with van der Waals surface area (Å²) in [6.07, 6.45) is 9.70. The summed E-state index contributed by atoms with van der Waals surface area (Å²) in [6, 6.07) is 8.65. The Morgan fingerprint density at radius 1 is 0.750 bits per heavy atom. The van der Waals surface area contributed by atoms with Gasteiger partial charge in [-0.2, -0.15) is 8.78 Å². The molecule has 0 aliphatic rings. The number of ether oxygens (including phenoxy) is 1. The SMILES string of the molecule is CCCCCCCCCCc1ccc(-c2ccc(OC(F)F)cc2)c(F)c1F. The monoisotopic (exact) mass is 396 g/mol. The second-order valence-electron chi connectivity index (χ2n) is 7.03. The topological polar surface area (TPSA) is 9.23 Å². The number of rotatable bonds is 12. The van der Waals surface area contributed by atoms with Crippen LogP contribution in [-0.2, 0) is 6.42 Å². The maximum Gasteiger partial charge on any atom is 0.387 e. The Morgan fingerprint density at radius 3 is 1.96 bits per heavy atom. The summed E-state index contributed by atoms with van der Waals surface area (Å²) < 4.78 is 57.6. The average molecular weight is 396 g/mol. The summed E-state index contributed by atoms with van der Waals surface area (Å²) in [7, 11) is 0. The van der Waals surface area contributed by atoms with Gasteiger partial charge in [0.1, 0.15) is 5.75 Å². The van der Waals surface area contributed by atoms with Crippen LogP contribution < -0.4 is 4.74 Å². The van der Waals surface area contributed by atoms with E-state index in [1.165, 1.54) is 56.4 Å². The molecule has 2 rings (SSSR count). The fourth-order valence-corrected chi connectivity index (χ4v) is 3.27. The van der Waals surface area contributed by atoms with E-state index in [-0.39, 0.29) is 11.3 Å². The number of unbranched alkanes of at least 4 members (excludes halogenated alkanes) is 7. The zero-order chi connectivity index (χ0) is 20.4. The predicted octanol–water partition coefficient (Wildman–Crippen LogP) is 7.92. The van der Waals surface area contributed by atoms with Gasteiger partial charge in [0.15, 0.2) is 11.6 Å². The summed E-state index contributed by atoms with van der Waals surface area (Å²) >= 11 is 0. The number of halogens is 4. The molecule has 0 aliphatic heterocycles. The van der Waals surface area contributed by atoms with E-state index in [0.717, 1.165) is 19.3 Å². The third-order valence-corrected chi connectivity index (χ3v) is 4.85. The van der Waals surface area contributed by atoms with Crippen LogP contribution in [0.1, 0.15) is 63.9 Å². The third kappa shape index (κ3) is 6.84. The minimum absolute atomic E-state index is 0.0223. The smallest absolute Gasteiger partial charge is 0.387 e. The first-order valence-corrected chi connectivity index (χ1v) is 10.0. The summed E-state index contributed by atoms with van der Waals surface area (Å²) in [5, 5.41) is 0. The zero-order valence-corrected chi connectivity index (χ0v) is 16.3. The van der Waals surface area contributed by atoms with E-state index in [9.17, 15) is 17.6 Å². The molecule has 28 heavy (non-hydrogen) atoms. The number of hydrogen-bond donors (Lipinski definition) is 0. The molecule has 0 amide bonds. The molecule has 0 fully saturated rings. The number of hydrogen-bond acceptors (Lipinski definition) is 1. The number of aryl methyl sites for hydroxylation is 1. The minimum atomic E-state index is -2.92. The first-order valence-electron chi connectivity index (χ1n) is 10.0. The van der Waals surface area contributed by atoms with Crippen LogP contribution in [0.15, 0.2) is 36.4 Å². The zero-order valence-electron chi connectivity index (χ0n) is 16.3. The van der Waals surface area contributed by atoms with E-state index in [4.69, 9.17) is 0 Å². The van der Waals surface area contributed by atoms with Crippen molar-refractivity contribution in [3.8, 4) is 16.9 Å². The van der Waals surface area contributed by atoms with Gasteiger partial charge in [-0.05, 0) is 36.1 Å². The Morgan fingerprint density at radius 2 is 1.36 bits per heavy atom. The van der Waals surface area contributed by atoms with Crippen molar-refractivity contribution in [2.24, 2.45) is 0 Å². The summed E-state index contributed by atoms with van der Waals surface area (Å²) in [5.41, 5.74) is 0.905. The van der Waals surface area contributed by atoms with Crippen LogP contribution in [0.4, 0.5) is 17.6 Å². The minimum Gasteiger partial charge on any atom is -0.435 e. The molecular weight excluding hydrogens is 368 g/mol. The Labute approximate surface area is 164 Å². The number of alkyl halides is 2. The van der Waals surface area contributed by atoms with Gasteiger partial charge in [-0.15, -0.1) is 0 Å². The van der Waals surface area contributed by atoms with E-state index in [1.807, 2.05) is 0 Å². The Kier molecular flexibility index (Phi) is 9.32. The highest BCUT2D eigenvalue weighted by atomic mass is 19.3. The second-order valence-corrected chi connectivity index (χ2v) is 7.03. The van der Waals surface area contributed by atoms with Gasteiger partial charge in [0, 0.05) is 5.56 Å². The quantitative estimate of drug-likeness (QED) is 0.261. The highest BCUT2D eigenvalue weighted by Crippen LogP contribution is 2.29. The predicted molar refractivity (Wildman–Crippen MR) is 105 cm³/mol. The molecule has 0 saturated carbocycles. The average Bonchev–Trinajstić information content (AvgIpc) is 2.67. The van der Waals surface area contributed by atoms with E-state index >= 15 is 0 Å². The fraction of sp³-hybridized carbons (Fsp3) is 0.478. The second kappa shape index (κ2) is 11.7. The molecule has 0 unspecified atom stereocenters. The van der Waals surface area contributed by atoms with Crippen LogP contribution in [0.3, 0.4) is 0 Å². The van der Waals surface area contributed by atoms with Crippen molar-refractivity contribution in [1.29, 1.82) is 0 Å². The van der Waals surface area contributed by atoms with Crippen LogP contribution in [0.2, 0.25) is 0 Å². The molecule has 0 spiro atoms. The van der Waals surface area contributed by atoms with Gasteiger partial charge in [0.05, 0.1) is 0 Å². The standard InChI is InChI=1S/C23H28F4O/c1-2-3-4-5-6-7-8-9-10-18-13-16-20(22(25)21(18)24)17-11-14-19(15-12-17)28-23(26)27/h11-16,23H,2-10H2,1H3. The van der Waals surface area contributed by atoms with E-state index < -0.39 is 18.2 Å². The molecule has 2 aromatic rings. The molecule has 2 aromatic carbocycles. The van der Waals surface area contributed by atoms with Crippen LogP contribution in [-0.4, -0.2) is 6.61 Å². The van der Waals surface area contributed by atoms with Crippen LogP contribution in [0, 0.1) is 11.6 Å². The molecule has 0 aromatic heterocycles.